The Kier molecular flexibility index (Phi) is 5.27. The summed E-state index contributed by atoms with van der Waals surface area (Å²) >= 11 is 0. The molecule has 0 saturated carbocycles. The number of hydrogen-bond acceptors (Lipinski definition) is 5. The van der Waals surface area contributed by atoms with Gasteiger partial charge in [0.05, 0.1) is 6.54 Å². The molecule has 1 saturated heterocycles. The van der Waals surface area contributed by atoms with Gasteiger partial charge in [0.2, 0.25) is 5.95 Å². The average Bonchev–Trinajstić information content (AvgIpc) is 3.07. The van der Waals surface area contributed by atoms with E-state index < -0.39 is 11.2 Å². The van der Waals surface area contributed by atoms with E-state index in [1.807, 2.05) is 34.9 Å². The predicted molar refractivity (Wildman–Crippen MR) is 115 cm³/mol. The minimum atomic E-state index is -0.444. The molecule has 0 amide bonds. The van der Waals surface area contributed by atoms with Crippen LogP contribution in [0.5, 0.6) is 0 Å². The Morgan fingerprint density at radius 3 is 2.41 bits per heavy atom. The molecule has 0 aliphatic carbocycles. The number of benzene rings is 1. The molecule has 1 aromatic carbocycles. The number of fused-ring (bicyclic) bond motifs is 1. The number of hydrogen-bond donors (Lipinski definition) is 1. The summed E-state index contributed by atoms with van der Waals surface area (Å²) in [6, 6.07) is 10.0. The number of nitrogens with one attached hydrogen (secondary N) is 1. The van der Waals surface area contributed by atoms with Crippen LogP contribution in [0.2, 0.25) is 0 Å². The van der Waals surface area contributed by atoms with Gasteiger partial charge in [-0.25, -0.2) is 4.79 Å². The first-order valence-corrected chi connectivity index (χ1v) is 10.1. The lowest BCUT2D eigenvalue weighted by Crippen LogP contribution is -2.48. The molecule has 1 fully saturated rings. The monoisotopic (exact) mass is 396 g/mol. The fourth-order valence-electron chi connectivity index (χ4n) is 4.03. The Labute approximate surface area is 169 Å². The summed E-state index contributed by atoms with van der Waals surface area (Å²) in [4.78, 5) is 36.6. The molecule has 29 heavy (non-hydrogen) atoms. The van der Waals surface area contributed by atoms with Gasteiger partial charge >= 0.3 is 5.69 Å². The molecule has 8 nitrogen and oxygen atoms in total. The first-order valence-electron chi connectivity index (χ1n) is 10.1. The van der Waals surface area contributed by atoms with Crippen LogP contribution in [0.4, 0.5) is 5.95 Å². The van der Waals surface area contributed by atoms with Crippen LogP contribution >= 0.6 is 0 Å². The second-order valence-corrected chi connectivity index (χ2v) is 8.16. The lowest BCUT2D eigenvalue weighted by Gasteiger charge is -2.36. The van der Waals surface area contributed by atoms with Crippen molar-refractivity contribution in [1.82, 2.24) is 24.0 Å². The topological polar surface area (TPSA) is 79.2 Å². The van der Waals surface area contributed by atoms with Crippen molar-refractivity contribution in [2.45, 2.75) is 20.4 Å². The molecule has 1 aliphatic heterocycles. The van der Waals surface area contributed by atoms with Gasteiger partial charge in [0.1, 0.15) is 0 Å². The third kappa shape index (κ3) is 3.85. The van der Waals surface area contributed by atoms with Gasteiger partial charge < -0.3 is 4.90 Å². The lowest BCUT2D eigenvalue weighted by atomic mass is 10.2. The van der Waals surface area contributed by atoms with Gasteiger partial charge in [-0.2, -0.15) is 4.98 Å². The van der Waals surface area contributed by atoms with Crippen LogP contribution in [0.3, 0.4) is 0 Å². The van der Waals surface area contributed by atoms with E-state index in [2.05, 4.69) is 28.6 Å². The quantitative estimate of drug-likeness (QED) is 0.702. The highest BCUT2D eigenvalue weighted by Crippen LogP contribution is 2.22. The van der Waals surface area contributed by atoms with Gasteiger partial charge in [-0.3, -0.25) is 23.8 Å². The molecule has 2 aromatic heterocycles. The van der Waals surface area contributed by atoms with Crippen molar-refractivity contribution in [3.8, 4) is 0 Å². The van der Waals surface area contributed by atoms with Crippen LogP contribution in [-0.4, -0.2) is 56.7 Å². The summed E-state index contributed by atoms with van der Waals surface area (Å²) in [5.74, 6) is 1.39. The Hall–Kier alpha value is -2.87. The van der Waals surface area contributed by atoms with Crippen molar-refractivity contribution in [1.29, 1.82) is 0 Å². The van der Waals surface area contributed by atoms with E-state index in [0.717, 1.165) is 44.2 Å². The molecule has 0 radical (unpaired) electrons. The van der Waals surface area contributed by atoms with Crippen LogP contribution in [0.1, 0.15) is 19.4 Å². The Balaban J connectivity index is 1.76. The highest BCUT2D eigenvalue weighted by molar-refractivity contribution is 5.74. The second-order valence-electron chi connectivity index (χ2n) is 8.16. The zero-order valence-corrected chi connectivity index (χ0v) is 17.3. The van der Waals surface area contributed by atoms with Gasteiger partial charge in [-0.05, 0) is 11.5 Å². The second kappa shape index (κ2) is 7.87. The van der Waals surface area contributed by atoms with E-state index in [-0.39, 0.29) is 0 Å². The van der Waals surface area contributed by atoms with Crippen molar-refractivity contribution in [2.24, 2.45) is 13.0 Å². The van der Waals surface area contributed by atoms with Gasteiger partial charge in [0.25, 0.3) is 5.56 Å². The summed E-state index contributed by atoms with van der Waals surface area (Å²) in [7, 11) is 1.64. The van der Waals surface area contributed by atoms with E-state index in [1.165, 1.54) is 4.57 Å². The number of piperazine rings is 1. The molecule has 0 spiro atoms. The first kappa shape index (κ1) is 19.4. The van der Waals surface area contributed by atoms with Gasteiger partial charge in [0, 0.05) is 39.8 Å². The maximum atomic E-state index is 12.7. The normalized spacial score (nSPS) is 15.5. The van der Waals surface area contributed by atoms with Crippen LogP contribution < -0.4 is 16.1 Å². The van der Waals surface area contributed by atoms with Crippen LogP contribution in [0.25, 0.3) is 11.2 Å². The van der Waals surface area contributed by atoms with E-state index in [1.54, 1.807) is 7.05 Å². The molecule has 4 rings (SSSR count). The summed E-state index contributed by atoms with van der Waals surface area (Å²) < 4.78 is 3.36. The van der Waals surface area contributed by atoms with Crippen molar-refractivity contribution < 1.29 is 0 Å². The molecule has 3 aromatic rings. The molecule has 0 unspecified atom stereocenters. The fourth-order valence-corrected chi connectivity index (χ4v) is 4.03. The maximum absolute atomic E-state index is 12.7. The Bertz CT molecular complexity index is 1100. The standard InChI is InChI=1S/C21H28N6O2/c1-15(2)13-25-9-11-26(12-10-25)20-22-18-17(19(28)23-21(29)24(18)3)27(20)14-16-7-5-4-6-8-16/h4-8,15H,9-14H2,1-3H3,(H,23,28,29). The SMILES string of the molecule is CC(C)CN1CCN(c2nc3c(c(=O)[nH]c(=O)n3C)n2Cc2ccccc2)CC1. The number of aromatic nitrogens is 4. The van der Waals surface area contributed by atoms with Crippen molar-refractivity contribution in [2.75, 3.05) is 37.6 Å². The van der Waals surface area contributed by atoms with E-state index >= 15 is 0 Å². The zero-order valence-electron chi connectivity index (χ0n) is 17.3. The van der Waals surface area contributed by atoms with Crippen molar-refractivity contribution in [3.05, 3.63) is 56.7 Å². The number of aromatic amines is 1. The highest BCUT2D eigenvalue weighted by Gasteiger charge is 2.25. The fraction of sp³-hybridized carbons (Fsp3) is 0.476. The summed E-state index contributed by atoms with van der Waals surface area (Å²) in [6.07, 6.45) is 0. The van der Waals surface area contributed by atoms with Gasteiger partial charge in [-0.15, -0.1) is 0 Å². The van der Waals surface area contributed by atoms with Crippen molar-refractivity contribution >= 4 is 17.1 Å². The summed E-state index contributed by atoms with van der Waals surface area (Å²) in [5, 5.41) is 0. The van der Waals surface area contributed by atoms with Crippen LogP contribution in [0.15, 0.2) is 39.9 Å². The maximum Gasteiger partial charge on any atom is 0.329 e. The number of anilines is 1. The zero-order chi connectivity index (χ0) is 20.5. The minimum absolute atomic E-state index is 0.392. The number of nitrogens with zero attached hydrogens (tertiary/aromatic N) is 5. The van der Waals surface area contributed by atoms with E-state index in [4.69, 9.17) is 4.98 Å². The first-order chi connectivity index (χ1) is 13.9. The van der Waals surface area contributed by atoms with E-state index in [0.29, 0.717) is 23.6 Å². The lowest BCUT2D eigenvalue weighted by molar-refractivity contribution is 0.230. The number of imidazole rings is 1. The Morgan fingerprint density at radius 1 is 1.07 bits per heavy atom. The van der Waals surface area contributed by atoms with Gasteiger partial charge in [-0.1, -0.05) is 44.2 Å². The number of aryl methyl sites for hydroxylation is 1. The summed E-state index contributed by atoms with van der Waals surface area (Å²) in [5.41, 5.74) is 1.11. The highest BCUT2D eigenvalue weighted by atomic mass is 16.2. The molecule has 8 heteroatoms. The Morgan fingerprint density at radius 2 is 1.76 bits per heavy atom. The molecular weight excluding hydrogens is 368 g/mol. The average molecular weight is 396 g/mol. The molecular formula is C21H28N6O2. The third-order valence-corrected chi connectivity index (χ3v) is 5.45. The molecule has 0 atom stereocenters. The van der Waals surface area contributed by atoms with Crippen LogP contribution in [-0.2, 0) is 13.6 Å². The largest absolute Gasteiger partial charge is 0.340 e. The van der Waals surface area contributed by atoms with Gasteiger partial charge in [0.15, 0.2) is 11.2 Å². The summed E-state index contributed by atoms with van der Waals surface area (Å²) in [6.45, 7) is 9.69. The predicted octanol–water partition coefficient (Wildman–Crippen LogP) is 1.25. The number of rotatable bonds is 5. The van der Waals surface area contributed by atoms with Crippen LogP contribution in [0, 0.1) is 5.92 Å². The molecule has 154 valence electrons. The molecule has 1 aliphatic rings. The number of H-pyrrole nitrogens is 1. The third-order valence-electron chi connectivity index (χ3n) is 5.45. The molecule has 1 N–H and O–H groups in total. The molecule has 0 bridgehead atoms. The minimum Gasteiger partial charge on any atom is -0.340 e. The van der Waals surface area contributed by atoms with E-state index in [9.17, 15) is 9.59 Å². The smallest absolute Gasteiger partial charge is 0.329 e. The molecule has 3 heterocycles. The van der Waals surface area contributed by atoms with Crippen molar-refractivity contribution in [3.63, 3.8) is 0 Å².